The van der Waals surface area contributed by atoms with E-state index in [1.165, 1.54) is 12.3 Å². The fourth-order valence-electron chi connectivity index (χ4n) is 5.05. The first-order valence-electron chi connectivity index (χ1n) is 11.4. The molecule has 0 unspecified atom stereocenters. The van der Waals surface area contributed by atoms with E-state index in [0.717, 1.165) is 55.0 Å². The van der Waals surface area contributed by atoms with Gasteiger partial charge < -0.3 is 10.6 Å². The van der Waals surface area contributed by atoms with Crippen molar-refractivity contribution >= 4 is 35.0 Å². The lowest BCUT2D eigenvalue weighted by molar-refractivity contribution is 0.0977. The minimum atomic E-state index is -0.270. The van der Waals surface area contributed by atoms with Gasteiger partial charge >= 0.3 is 0 Å². The number of nitrogens with two attached hydrogens (primary N) is 1. The number of pyridine rings is 1. The lowest BCUT2D eigenvalue weighted by atomic mass is 9.74. The second kappa shape index (κ2) is 9.20. The summed E-state index contributed by atoms with van der Waals surface area (Å²) in [5.74, 6) is -0.406. The molecule has 3 heterocycles. The first-order valence-corrected chi connectivity index (χ1v) is 11.8. The van der Waals surface area contributed by atoms with Crippen molar-refractivity contribution in [2.24, 2.45) is 0 Å². The molecular formula is C27H26ClFN4O. The van der Waals surface area contributed by atoms with Crippen LogP contribution in [-0.4, -0.2) is 42.0 Å². The number of anilines is 2. The zero-order valence-corrected chi connectivity index (χ0v) is 19.5. The zero-order valence-electron chi connectivity index (χ0n) is 18.8. The fraction of sp³-hybridized carbons (Fsp3) is 0.259. The van der Waals surface area contributed by atoms with E-state index < -0.39 is 0 Å². The Morgan fingerprint density at radius 1 is 1.12 bits per heavy atom. The molecular weight excluding hydrogens is 451 g/mol. The van der Waals surface area contributed by atoms with E-state index in [0.29, 0.717) is 12.1 Å². The Bertz CT molecular complexity index is 1240. The van der Waals surface area contributed by atoms with Crippen LogP contribution in [-0.2, 0) is 5.41 Å². The van der Waals surface area contributed by atoms with Gasteiger partial charge in [-0.05, 0) is 79.5 Å². The smallest absolute Gasteiger partial charge is 0.258 e. The molecule has 1 spiro atoms. The SMILES string of the molecule is Nc1ccc(/C=C/CN2CCC3(CC2)CN(C(=O)c2ccnc(Cl)c2)c2ccc(F)cc23)cc1. The van der Waals surface area contributed by atoms with Crippen molar-refractivity contribution in [2.75, 3.05) is 36.8 Å². The second-order valence-corrected chi connectivity index (χ2v) is 9.46. The molecule has 1 aromatic heterocycles. The number of nitrogen functional groups attached to an aromatic ring is 1. The molecule has 2 N–H and O–H groups in total. The van der Waals surface area contributed by atoms with Crippen molar-refractivity contribution in [1.82, 2.24) is 9.88 Å². The van der Waals surface area contributed by atoms with Gasteiger partial charge in [-0.25, -0.2) is 9.37 Å². The van der Waals surface area contributed by atoms with E-state index in [4.69, 9.17) is 17.3 Å². The van der Waals surface area contributed by atoms with E-state index in [-0.39, 0.29) is 22.3 Å². The van der Waals surface area contributed by atoms with Gasteiger partial charge in [-0.2, -0.15) is 0 Å². The van der Waals surface area contributed by atoms with E-state index in [1.54, 1.807) is 29.2 Å². The first kappa shape index (κ1) is 22.6. The van der Waals surface area contributed by atoms with Crippen LogP contribution < -0.4 is 10.6 Å². The van der Waals surface area contributed by atoms with Gasteiger partial charge in [-0.15, -0.1) is 0 Å². The number of hydrogen-bond donors (Lipinski definition) is 1. The predicted molar refractivity (Wildman–Crippen MR) is 135 cm³/mol. The summed E-state index contributed by atoms with van der Waals surface area (Å²) in [7, 11) is 0. The highest BCUT2D eigenvalue weighted by atomic mass is 35.5. The topological polar surface area (TPSA) is 62.5 Å². The molecule has 174 valence electrons. The van der Waals surface area contributed by atoms with Gasteiger partial charge in [0.25, 0.3) is 5.91 Å². The van der Waals surface area contributed by atoms with Gasteiger partial charge in [0.2, 0.25) is 0 Å². The number of carbonyl (C=O) groups excluding carboxylic acids is 1. The van der Waals surface area contributed by atoms with E-state index in [2.05, 4.69) is 22.0 Å². The Kier molecular flexibility index (Phi) is 6.11. The number of fused-ring (bicyclic) bond motifs is 2. The van der Waals surface area contributed by atoms with Crippen LogP contribution in [0.4, 0.5) is 15.8 Å². The number of aromatic nitrogens is 1. The van der Waals surface area contributed by atoms with Crippen molar-refractivity contribution in [3.05, 3.63) is 94.5 Å². The van der Waals surface area contributed by atoms with Crippen molar-refractivity contribution in [2.45, 2.75) is 18.3 Å². The summed E-state index contributed by atoms with van der Waals surface area (Å²) < 4.78 is 14.3. The predicted octanol–water partition coefficient (Wildman–Crippen LogP) is 5.16. The molecule has 0 saturated carbocycles. The average molecular weight is 477 g/mol. The Labute approximate surface area is 203 Å². The van der Waals surface area contributed by atoms with E-state index >= 15 is 0 Å². The molecule has 3 aromatic rings. The minimum absolute atomic E-state index is 0.136. The van der Waals surface area contributed by atoms with Crippen LogP contribution in [0.2, 0.25) is 5.15 Å². The van der Waals surface area contributed by atoms with Crippen LogP contribution in [0.5, 0.6) is 0 Å². The highest BCUT2D eigenvalue weighted by Crippen LogP contribution is 2.47. The van der Waals surface area contributed by atoms with Crippen molar-refractivity contribution in [3.8, 4) is 0 Å². The summed E-state index contributed by atoms with van der Waals surface area (Å²) in [4.78, 5) is 21.5. The number of benzene rings is 2. The van der Waals surface area contributed by atoms with Gasteiger partial charge in [0.15, 0.2) is 0 Å². The van der Waals surface area contributed by atoms with Gasteiger partial charge in [0.05, 0.1) is 0 Å². The van der Waals surface area contributed by atoms with Gasteiger partial charge in [0.1, 0.15) is 11.0 Å². The number of likely N-dealkylation sites (tertiary alicyclic amines) is 1. The molecule has 1 amide bonds. The Morgan fingerprint density at radius 2 is 1.88 bits per heavy atom. The molecule has 1 saturated heterocycles. The molecule has 5 nitrogen and oxygen atoms in total. The summed E-state index contributed by atoms with van der Waals surface area (Å²) >= 11 is 6.01. The number of hydrogen-bond acceptors (Lipinski definition) is 4. The van der Waals surface area contributed by atoms with Crippen LogP contribution in [0.15, 0.2) is 66.9 Å². The maximum Gasteiger partial charge on any atom is 0.258 e. The molecule has 0 atom stereocenters. The van der Waals surface area contributed by atoms with Crippen molar-refractivity contribution in [3.63, 3.8) is 0 Å². The molecule has 1 fully saturated rings. The van der Waals surface area contributed by atoms with Crippen molar-refractivity contribution in [1.29, 1.82) is 0 Å². The van der Waals surface area contributed by atoms with Crippen LogP contribution in [0.25, 0.3) is 6.08 Å². The van der Waals surface area contributed by atoms with Gasteiger partial charge in [-0.3, -0.25) is 9.69 Å². The summed E-state index contributed by atoms with van der Waals surface area (Å²) in [5, 5.41) is 0.277. The Hall–Kier alpha value is -3.22. The Balaban J connectivity index is 1.31. The maximum atomic E-state index is 14.3. The normalized spacial score (nSPS) is 17.4. The third-order valence-electron chi connectivity index (χ3n) is 6.92. The summed E-state index contributed by atoms with van der Waals surface area (Å²) in [6.45, 7) is 3.14. The number of halogens is 2. The molecule has 34 heavy (non-hydrogen) atoms. The molecule has 0 bridgehead atoms. The summed E-state index contributed by atoms with van der Waals surface area (Å²) in [6, 6.07) is 15.8. The molecule has 2 aromatic carbocycles. The lowest BCUT2D eigenvalue weighted by Gasteiger charge is -2.39. The molecule has 0 aliphatic carbocycles. The van der Waals surface area contributed by atoms with Gasteiger partial charge in [-0.1, -0.05) is 35.9 Å². The third kappa shape index (κ3) is 4.43. The third-order valence-corrected chi connectivity index (χ3v) is 7.13. The Morgan fingerprint density at radius 3 is 2.62 bits per heavy atom. The number of carbonyl (C=O) groups is 1. The van der Waals surface area contributed by atoms with E-state index in [9.17, 15) is 9.18 Å². The van der Waals surface area contributed by atoms with Crippen LogP contribution in [0.3, 0.4) is 0 Å². The number of nitrogens with zero attached hydrogens (tertiary/aromatic N) is 3. The van der Waals surface area contributed by atoms with Crippen LogP contribution in [0, 0.1) is 5.82 Å². The molecule has 5 rings (SSSR count). The first-order chi connectivity index (χ1) is 16.4. The monoisotopic (exact) mass is 476 g/mol. The van der Waals surface area contributed by atoms with Crippen LogP contribution in [0.1, 0.15) is 34.3 Å². The number of amides is 1. The molecule has 7 heteroatoms. The maximum absolute atomic E-state index is 14.3. The fourth-order valence-corrected chi connectivity index (χ4v) is 5.22. The quantitative estimate of drug-likeness (QED) is 0.417. The second-order valence-electron chi connectivity index (χ2n) is 9.07. The van der Waals surface area contributed by atoms with E-state index in [1.807, 2.05) is 24.3 Å². The molecule has 2 aliphatic heterocycles. The standard InChI is InChI=1S/C27H26ClFN4O/c28-25-16-20(9-12-31-25)26(34)33-18-27(23-17-21(29)5-8-24(23)33)10-14-32(15-11-27)13-1-2-19-3-6-22(30)7-4-19/h1-9,12,16-17H,10-11,13-15,18,30H2/b2-1+. The minimum Gasteiger partial charge on any atom is -0.399 e. The average Bonchev–Trinajstić information content (AvgIpc) is 3.14. The number of piperidine rings is 1. The number of rotatable bonds is 4. The lowest BCUT2D eigenvalue weighted by Crippen LogP contribution is -2.46. The highest BCUT2D eigenvalue weighted by molar-refractivity contribution is 6.29. The molecule has 0 radical (unpaired) electrons. The summed E-state index contributed by atoms with van der Waals surface area (Å²) in [6.07, 6.45) is 7.52. The zero-order chi connectivity index (χ0) is 23.7. The van der Waals surface area contributed by atoms with Crippen LogP contribution >= 0.6 is 11.6 Å². The highest BCUT2D eigenvalue weighted by Gasteiger charge is 2.46. The molecule has 2 aliphatic rings. The van der Waals surface area contributed by atoms with Gasteiger partial charge in [0, 0.05) is 41.6 Å². The summed E-state index contributed by atoms with van der Waals surface area (Å²) in [5.41, 5.74) is 9.58. The largest absolute Gasteiger partial charge is 0.399 e. The van der Waals surface area contributed by atoms with Crippen molar-refractivity contribution < 1.29 is 9.18 Å².